The predicted molar refractivity (Wildman–Crippen MR) is 199 cm³/mol. The van der Waals surface area contributed by atoms with Crippen molar-refractivity contribution in [1.29, 1.82) is 0 Å². The van der Waals surface area contributed by atoms with E-state index >= 15 is 0 Å². The minimum absolute atomic E-state index is 0.107. The maximum atomic E-state index is 13.2. The Bertz CT molecular complexity index is 835. The lowest BCUT2D eigenvalue weighted by Crippen LogP contribution is -2.39. The van der Waals surface area contributed by atoms with Crippen LogP contribution in [0.5, 0.6) is 0 Å². The lowest BCUT2D eigenvalue weighted by Gasteiger charge is -2.41. The van der Waals surface area contributed by atoms with Crippen molar-refractivity contribution < 1.29 is 26.3 Å². The molecule has 0 spiro atoms. The smallest absolute Gasteiger partial charge is 0.244 e. The van der Waals surface area contributed by atoms with Gasteiger partial charge in [0.05, 0.1) is 0 Å². The molecule has 0 bridgehead atoms. The second kappa shape index (κ2) is 20.7. The van der Waals surface area contributed by atoms with Crippen LogP contribution in [-0.2, 0) is 0 Å². The van der Waals surface area contributed by atoms with Crippen LogP contribution in [0.1, 0.15) is 192 Å². The van der Waals surface area contributed by atoms with Crippen LogP contribution in [0.4, 0.5) is 26.3 Å². The van der Waals surface area contributed by atoms with E-state index in [0.29, 0.717) is 54.3 Å². The molecule has 0 nitrogen and oxygen atoms in total. The molecule has 0 heterocycles. The van der Waals surface area contributed by atoms with E-state index in [2.05, 4.69) is 76.2 Å². The molecule has 5 rings (SSSR count). The van der Waals surface area contributed by atoms with E-state index in [4.69, 9.17) is 0 Å². The van der Waals surface area contributed by atoms with Gasteiger partial charge in [0.1, 0.15) is 11.3 Å². The highest BCUT2D eigenvalue weighted by atomic mass is 19.3. The highest BCUT2D eigenvalue weighted by Gasteiger charge is 2.45. The summed E-state index contributed by atoms with van der Waals surface area (Å²) in [7, 11) is 0. The first kappa shape index (κ1) is 46.6. The van der Waals surface area contributed by atoms with E-state index in [-0.39, 0.29) is 25.7 Å². The zero-order chi connectivity index (χ0) is 37.8. The van der Waals surface area contributed by atoms with Crippen molar-refractivity contribution in [3.63, 3.8) is 0 Å². The minimum atomic E-state index is -2.36. The highest BCUT2D eigenvalue weighted by Crippen LogP contribution is 2.46. The van der Waals surface area contributed by atoms with E-state index in [0.717, 1.165) is 62.7 Å². The van der Waals surface area contributed by atoms with Crippen LogP contribution in [0.3, 0.4) is 0 Å². The molecule has 5 aliphatic rings. The number of hydrogen-bond acceptors (Lipinski definition) is 0. The van der Waals surface area contributed by atoms with Gasteiger partial charge >= 0.3 is 0 Å². The molecule has 0 aromatic carbocycles. The number of alkyl halides is 6. The predicted octanol–water partition coefficient (Wildman–Crippen LogP) is 15.7. The van der Waals surface area contributed by atoms with Crippen molar-refractivity contribution in [1.82, 2.24) is 0 Å². The summed E-state index contributed by atoms with van der Waals surface area (Å²) in [6.07, 6.45) is 13.8. The molecule has 0 aromatic rings. The van der Waals surface area contributed by atoms with Crippen molar-refractivity contribution in [2.75, 3.05) is 0 Å². The Labute approximate surface area is 300 Å². The molecule has 5 saturated carbocycles. The Hall–Kier alpha value is -0.420. The van der Waals surface area contributed by atoms with E-state index in [1.54, 1.807) is 6.92 Å². The van der Waals surface area contributed by atoms with Crippen LogP contribution in [0.15, 0.2) is 0 Å². The van der Waals surface area contributed by atoms with Crippen LogP contribution in [0.25, 0.3) is 0 Å². The summed E-state index contributed by atoms with van der Waals surface area (Å²) >= 11 is 0. The Morgan fingerprint density at radius 3 is 1.20 bits per heavy atom. The van der Waals surface area contributed by atoms with Crippen LogP contribution < -0.4 is 0 Å². The first-order valence-electron chi connectivity index (χ1n) is 20.5. The lowest BCUT2D eigenvalue weighted by atomic mass is 9.68. The fourth-order valence-electron chi connectivity index (χ4n) is 8.30. The molecule has 0 amide bonds. The Kier molecular flexibility index (Phi) is 19.7. The number of halogens is 6. The normalized spacial score (nSPS) is 30.3. The number of hydrogen-bond donors (Lipinski definition) is 0. The molecular formula is C43H80F6. The van der Waals surface area contributed by atoms with Gasteiger partial charge in [-0.05, 0) is 137 Å². The third-order valence-corrected chi connectivity index (χ3v) is 12.0. The molecule has 49 heavy (non-hydrogen) atoms. The van der Waals surface area contributed by atoms with Crippen molar-refractivity contribution in [2.45, 2.75) is 215 Å². The Morgan fingerprint density at radius 1 is 0.510 bits per heavy atom. The number of rotatable bonds is 7. The van der Waals surface area contributed by atoms with Crippen molar-refractivity contribution >= 4 is 0 Å². The van der Waals surface area contributed by atoms with Gasteiger partial charge in [0.2, 0.25) is 11.8 Å². The molecule has 0 atom stereocenters. The van der Waals surface area contributed by atoms with E-state index in [1.165, 1.54) is 25.7 Å². The fraction of sp³-hybridized carbons (Fsp3) is 1.00. The minimum Gasteiger partial charge on any atom is -0.244 e. The van der Waals surface area contributed by atoms with Crippen LogP contribution in [-0.4, -0.2) is 23.2 Å². The topological polar surface area (TPSA) is 0 Å². The summed E-state index contributed by atoms with van der Waals surface area (Å²) in [5, 5.41) is 0. The van der Waals surface area contributed by atoms with Gasteiger partial charge in [0.25, 0.3) is 0 Å². The maximum absolute atomic E-state index is 13.2. The monoisotopic (exact) mass is 711 g/mol. The molecule has 5 aliphatic carbocycles. The summed E-state index contributed by atoms with van der Waals surface area (Å²) in [5.41, 5.74) is -1.58. The molecule has 0 aliphatic heterocycles. The van der Waals surface area contributed by atoms with E-state index in [1.807, 2.05) is 0 Å². The van der Waals surface area contributed by atoms with Crippen molar-refractivity contribution in [3.05, 3.63) is 0 Å². The average Bonchev–Trinajstić information content (AvgIpc) is 2.90. The van der Waals surface area contributed by atoms with Crippen LogP contribution in [0, 0.1) is 59.2 Å². The van der Waals surface area contributed by atoms with E-state index in [9.17, 15) is 26.3 Å². The van der Waals surface area contributed by atoms with Gasteiger partial charge in [0, 0.05) is 25.7 Å². The standard InChI is InChI=1S/C10H20.C9H16F2.C8H14F2.2C8H15F/c1-8(2)10-6-4-9(3)5-7-10;1-7(2)8-3-5-9(10,11)6-4-8;1-6(2)3-7-4-8(9,10)5-7;1-6(2)7-4-8(3,9)5-7;1-7(2)6-8(9)4-3-5-8/h8-10H,4-7H2,1-3H3;7-8H,3-6H2,1-2H3;6-7H,3-5H2,1-2H3;6-7H,4-5H2,1-3H3;7H,3-6H2,1-2H3. The van der Waals surface area contributed by atoms with Crippen LogP contribution in [0.2, 0.25) is 0 Å². The second-order valence-electron chi connectivity index (χ2n) is 19.4. The quantitative estimate of drug-likeness (QED) is 0.231. The van der Waals surface area contributed by atoms with Crippen molar-refractivity contribution in [2.24, 2.45) is 59.2 Å². The average molecular weight is 711 g/mol. The first-order valence-corrected chi connectivity index (χ1v) is 20.5. The summed E-state index contributed by atoms with van der Waals surface area (Å²) in [6.45, 7) is 25.7. The van der Waals surface area contributed by atoms with Gasteiger partial charge < -0.3 is 0 Å². The van der Waals surface area contributed by atoms with Crippen molar-refractivity contribution in [3.8, 4) is 0 Å². The first-order chi connectivity index (χ1) is 22.3. The highest BCUT2D eigenvalue weighted by molar-refractivity contribution is 4.92. The molecule has 0 aromatic heterocycles. The van der Waals surface area contributed by atoms with Gasteiger partial charge in [-0.3, -0.25) is 0 Å². The molecule has 6 heteroatoms. The third kappa shape index (κ3) is 19.8. The SMILES string of the molecule is CC(C)C1CC(C)(F)C1.CC(C)C1CCC(F)(F)CC1.CC(C)CC1(F)CCC1.CC(C)CC1CC(F)(F)C1.CC1CCC(C(C)C)CC1. The lowest BCUT2D eigenvalue weighted by molar-refractivity contribution is -0.114. The summed E-state index contributed by atoms with van der Waals surface area (Å²) in [5.74, 6) is 2.13. The molecular weight excluding hydrogens is 630 g/mol. The van der Waals surface area contributed by atoms with Gasteiger partial charge in [-0.25, -0.2) is 26.3 Å². The third-order valence-electron chi connectivity index (χ3n) is 12.0. The van der Waals surface area contributed by atoms with Gasteiger partial charge in [-0.2, -0.15) is 0 Å². The Balaban J connectivity index is 0.000000307. The molecule has 0 unspecified atom stereocenters. The largest absolute Gasteiger partial charge is 0.248 e. The van der Waals surface area contributed by atoms with Gasteiger partial charge in [0.15, 0.2) is 0 Å². The Morgan fingerprint density at radius 2 is 0.939 bits per heavy atom. The van der Waals surface area contributed by atoms with Gasteiger partial charge in [-0.1, -0.05) is 89.0 Å². The van der Waals surface area contributed by atoms with Crippen LogP contribution >= 0.6 is 0 Å². The summed E-state index contributed by atoms with van der Waals surface area (Å²) in [6, 6.07) is 0. The van der Waals surface area contributed by atoms with E-state index < -0.39 is 23.2 Å². The summed E-state index contributed by atoms with van der Waals surface area (Å²) < 4.78 is 75.7. The zero-order valence-electron chi connectivity index (χ0n) is 34.1. The molecule has 294 valence electrons. The molecule has 5 fully saturated rings. The van der Waals surface area contributed by atoms with Gasteiger partial charge in [-0.15, -0.1) is 0 Å². The summed E-state index contributed by atoms with van der Waals surface area (Å²) in [4.78, 5) is 0. The molecule has 0 N–H and O–H groups in total. The second-order valence-corrected chi connectivity index (χ2v) is 19.4. The molecule has 0 saturated heterocycles. The fourth-order valence-corrected chi connectivity index (χ4v) is 8.30. The maximum Gasteiger partial charge on any atom is 0.248 e. The molecule has 0 radical (unpaired) electrons. The zero-order valence-corrected chi connectivity index (χ0v) is 34.1.